The van der Waals surface area contributed by atoms with Crippen molar-refractivity contribution in [3.63, 3.8) is 0 Å². The van der Waals surface area contributed by atoms with Gasteiger partial charge in [0.1, 0.15) is 11.9 Å². The predicted molar refractivity (Wildman–Crippen MR) is 244 cm³/mol. The van der Waals surface area contributed by atoms with Crippen LogP contribution < -0.4 is 4.74 Å². The third-order valence-corrected chi connectivity index (χ3v) is 12.5. The van der Waals surface area contributed by atoms with E-state index in [0.717, 1.165) is 72.8 Å². The van der Waals surface area contributed by atoms with Crippen molar-refractivity contribution in [1.29, 1.82) is 0 Å². The minimum absolute atomic E-state index is 0.0492. The Morgan fingerprint density at radius 2 is 1.00 bits per heavy atom. The fraction of sp³-hybridized carbons (Fsp3) is 0.0545. The molecule has 4 heterocycles. The molecule has 12 rings (SSSR count). The summed E-state index contributed by atoms with van der Waals surface area (Å²) in [5, 5.41) is 6.04. The van der Waals surface area contributed by atoms with Gasteiger partial charge < -0.3 is 18.4 Å². The molecule has 0 bridgehead atoms. The summed E-state index contributed by atoms with van der Waals surface area (Å²) in [6.07, 6.45) is 16.7. The van der Waals surface area contributed by atoms with Crippen LogP contribution in [0.5, 0.6) is 5.75 Å². The van der Waals surface area contributed by atoms with Crippen molar-refractivity contribution in [3.8, 4) is 35.2 Å². The van der Waals surface area contributed by atoms with Gasteiger partial charge in [-0.2, -0.15) is 0 Å². The topological polar surface area (TPSA) is 24.0 Å². The lowest BCUT2D eigenvalue weighted by atomic mass is 9.89. The SMILES string of the molecule is C#C/C=C(/c1cccc2c1OC1C=CC=CC21)c1c(C)c2ccccc2n1-c1cc(-n2c3ccccc3c3ccccc32)cc(-n2c3ccccc3c3ccccc32)c1. The molecule has 2 aliphatic rings. The molecule has 7 aromatic carbocycles. The van der Waals surface area contributed by atoms with Gasteiger partial charge >= 0.3 is 0 Å². The summed E-state index contributed by atoms with van der Waals surface area (Å²) in [5.41, 5.74) is 14.2. The smallest absolute Gasteiger partial charge is 0.132 e. The first kappa shape index (κ1) is 33.4. The van der Waals surface area contributed by atoms with E-state index in [2.05, 4.69) is 209 Å². The number of nitrogens with zero attached hydrogens (tertiary/aromatic N) is 3. The standard InChI is InChI=1S/C55H37N3O/c1-3-17-45(47-25-16-24-46-44-23-9-15-31-53(44)59-55(46)47)54-35(2)39-18-4-10-26-48(39)58(54)38-33-36(56-49-27-11-5-19-40(49)41-20-6-12-28-50(41)56)32-37(34-38)57-51-29-13-7-21-42(51)43-22-8-14-30-52(43)57/h1,4-34,44,53H,2H3/b45-17-. The molecular weight excluding hydrogens is 719 g/mol. The molecule has 0 saturated heterocycles. The van der Waals surface area contributed by atoms with Gasteiger partial charge in [-0.05, 0) is 73.2 Å². The molecule has 0 radical (unpaired) electrons. The number of fused-ring (bicyclic) bond motifs is 10. The Morgan fingerprint density at radius 1 is 0.542 bits per heavy atom. The van der Waals surface area contributed by atoms with Gasteiger partial charge in [0, 0.05) is 49.5 Å². The monoisotopic (exact) mass is 755 g/mol. The Kier molecular flexibility index (Phi) is 7.30. The zero-order valence-corrected chi connectivity index (χ0v) is 32.4. The number of ether oxygens (including phenoxy) is 1. The van der Waals surface area contributed by atoms with Crippen LogP contribution in [0.15, 0.2) is 188 Å². The second-order valence-corrected chi connectivity index (χ2v) is 15.6. The summed E-state index contributed by atoms with van der Waals surface area (Å²) in [4.78, 5) is 0. The summed E-state index contributed by atoms with van der Waals surface area (Å²) in [7, 11) is 0. The number of hydrogen-bond acceptors (Lipinski definition) is 1. The lowest BCUT2D eigenvalue weighted by Crippen LogP contribution is -2.15. The quantitative estimate of drug-likeness (QED) is 0.161. The fourth-order valence-electron chi connectivity index (χ4n) is 9.99. The highest BCUT2D eigenvalue weighted by Crippen LogP contribution is 2.48. The molecule has 1 aliphatic carbocycles. The van der Waals surface area contributed by atoms with Crippen molar-refractivity contribution in [2.24, 2.45) is 0 Å². The molecular formula is C55H37N3O. The van der Waals surface area contributed by atoms with E-state index >= 15 is 0 Å². The lowest BCUT2D eigenvalue weighted by molar-refractivity contribution is 0.268. The third kappa shape index (κ3) is 4.86. The highest BCUT2D eigenvalue weighted by molar-refractivity contribution is 6.11. The first-order valence-corrected chi connectivity index (χ1v) is 20.2. The zero-order chi connectivity index (χ0) is 39.2. The summed E-state index contributed by atoms with van der Waals surface area (Å²) in [5.74, 6) is 4.00. The summed E-state index contributed by atoms with van der Waals surface area (Å²) >= 11 is 0. The number of rotatable bonds is 5. The molecule has 4 heteroatoms. The Hall–Kier alpha value is -7.74. The number of allylic oxidation sites excluding steroid dienone is 3. The molecule has 0 saturated carbocycles. The molecule has 0 amide bonds. The first-order valence-electron chi connectivity index (χ1n) is 20.2. The second-order valence-electron chi connectivity index (χ2n) is 15.6. The minimum atomic E-state index is -0.0492. The first-order chi connectivity index (χ1) is 29.2. The molecule has 2 atom stereocenters. The van der Waals surface area contributed by atoms with Crippen molar-refractivity contribution in [1.82, 2.24) is 13.7 Å². The van der Waals surface area contributed by atoms with Gasteiger partial charge in [0.25, 0.3) is 0 Å². The van der Waals surface area contributed by atoms with E-state index in [0.29, 0.717) is 0 Å². The van der Waals surface area contributed by atoms with Crippen LogP contribution in [-0.2, 0) is 0 Å². The molecule has 0 N–H and O–H groups in total. The van der Waals surface area contributed by atoms with Crippen molar-refractivity contribution in [3.05, 3.63) is 210 Å². The summed E-state index contributed by atoms with van der Waals surface area (Å²) in [6, 6.07) is 57.1. The second kappa shape index (κ2) is 12.9. The van der Waals surface area contributed by atoms with Crippen LogP contribution in [0.2, 0.25) is 0 Å². The zero-order valence-electron chi connectivity index (χ0n) is 32.4. The van der Waals surface area contributed by atoms with E-state index in [1.165, 1.54) is 32.5 Å². The van der Waals surface area contributed by atoms with Crippen LogP contribution in [-0.4, -0.2) is 19.8 Å². The largest absolute Gasteiger partial charge is 0.484 e. The van der Waals surface area contributed by atoms with Crippen LogP contribution in [0, 0.1) is 19.3 Å². The van der Waals surface area contributed by atoms with Gasteiger partial charge in [-0.25, -0.2) is 0 Å². The molecule has 278 valence electrons. The van der Waals surface area contributed by atoms with Gasteiger partial charge in [0.2, 0.25) is 0 Å². The molecule has 3 aromatic heterocycles. The fourth-order valence-corrected chi connectivity index (χ4v) is 9.99. The molecule has 0 spiro atoms. The maximum absolute atomic E-state index is 6.79. The number of aromatic nitrogens is 3. The Balaban J connectivity index is 1.20. The Morgan fingerprint density at radius 3 is 1.53 bits per heavy atom. The van der Waals surface area contributed by atoms with Crippen LogP contribution in [0.3, 0.4) is 0 Å². The van der Waals surface area contributed by atoms with Crippen molar-refractivity contribution in [2.75, 3.05) is 0 Å². The Labute approximate surface area is 341 Å². The molecule has 59 heavy (non-hydrogen) atoms. The van der Waals surface area contributed by atoms with Crippen molar-refractivity contribution in [2.45, 2.75) is 18.9 Å². The van der Waals surface area contributed by atoms with Crippen LogP contribution in [0.4, 0.5) is 0 Å². The van der Waals surface area contributed by atoms with E-state index in [-0.39, 0.29) is 12.0 Å². The molecule has 10 aromatic rings. The number of benzene rings is 7. The van der Waals surface area contributed by atoms with E-state index in [4.69, 9.17) is 11.2 Å². The van der Waals surface area contributed by atoms with Crippen LogP contribution in [0.1, 0.15) is 28.3 Å². The molecule has 2 unspecified atom stereocenters. The minimum Gasteiger partial charge on any atom is -0.484 e. The number of para-hydroxylation sites is 6. The van der Waals surface area contributed by atoms with Crippen LogP contribution >= 0.6 is 0 Å². The number of hydrogen-bond donors (Lipinski definition) is 0. The number of aryl methyl sites for hydroxylation is 1. The summed E-state index contributed by atoms with van der Waals surface area (Å²) in [6.45, 7) is 2.22. The van der Waals surface area contributed by atoms with Gasteiger partial charge in [-0.15, -0.1) is 6.42 Å². The van der Waals surface area contributed by atoms with Gasteiger partial charge in [0.05, 0.1) is 50.3 Å². The average Bonchev–Trinajstić information content (AvgIpc) is 4.02. The predicted octanol–water partition coefficient (Wildman–Crippen LogP) is 13.2. The maximum atomic E-state index is 6.79. The molecule has 4 nitrogen and oxygen atoms in total. The van der Waals surface area contributed by atoms with E-state index in [9.17, 15) is 0 Å². The normalized spacial score (nSPS) is 16.0. The van der Waals surface area contributed by atoms with E-state index < -0.39 is 0 Å². The molecule has 1 aliphatic heterocycles. The van der Waals surface area contributed by atoms with E-state index in [1.807, 2.05) is 6.08 Å². The van der Waals surface area contributed by atoms with Crippen molar-refractivity contribution < 1.29 is 4.74 Å². The van der Waals surface area contributed by atoms with Crippen LogP contribution in [0.25, 0.3) is 77.1 Å². The highest BCUT2D eigenvalue weighted by atomic mass is 16.5. The van der Waals surface area contributed by atoms with Gasteiger partial charge in [-0.3, -0.25) is 0 Å². The lowest BCUT2D eigenvalue weighted by Gasteiger charge is -2.20. The average molecular weight is 756 g/mol. The summed E-state index contributed by atoms with van der Waals surface area (Å²) < 4.78 is 14.0. The third-order valence-electron chi connectivity index (χ3n) is 12.5. The van der Waals surface area contributed by atoms with Gasteiger partial charge in [-0.1, -0.05) is 133 Å². The number of terminal acetylenes is 1. The molecule has 0 fully saturated rings. The van der Waals surface area contributed by atoms with Gasteiger partial charge in [0.15, 0.2) is 0 Å². The highest BCUT2D eigenvalue weighted by Gasteiger charge is 2.35. The Bertz CT molecular complexity index is 3280. The van der Waals surface area contributed by atoms with E-state index in [1.54, 1.807) is 0 Å². The van der Waals surface area contributed by atoms with Crippen molar-refractivity contribution >= 4 is 60.1 Å². The maximum Gasteiger partial charge on any atom is 0.132 e.